The number of carbonyl (C=O) groups is 2. The third-order valence-corrected chi connectivity index (χ3v) is 3.90. The van der Waals surface area contributed by atoms with Gasteiger partial charge >= 0.3 is 0 Å². The van der Waals surface area contributed by atoms with Gasteiger partial charge in [-0.2, -0.15) is 0 Å². The Hall–Kier alpha value is -2.11. The molecule has 0 fully saturated rings. The van der Waals surface area contributed by atoms with Crippen LogP contribution in [0.15, 0.2) is 42.5 Å². The molecule has 4 nitrogen and oxygen atoms in total. The van der Waals surface area contributed by atoms with Crippen LogP contribution in [0.2, 0.25) is 10.0 Å². The van der Waals surface area contributed by atoms with E-state index >= 15 is 0 Å². The highest BCUT2D eigenvalue weighted by Crippen LogP contribution is 2.19. The van der Waals surface area contributed by atoms with Crippen LogP contribution in [0.25, 0.3) is 0 Å². The number of benzene rings is 2. The molecule has 0 saturated heterocycles. The molecule has 7 heteroatoms. The van der Waals surface area contributed by atoms with Gasteiger partial charge in [-0.25, -0.2) is 4.39 Å². The molecule has 126 valence electrons. The lowest BCUT2D eigenvalue weighted by molar-refractivity contribution is -0.116. The van der Waals surface area contributed by atoms with Gasteiger partial charge in [0, 0.05) is 30.7 Å². The lowest BCUT2D eigenvalue weighted by Gasteiger charge is -2.21. The fraction of sp³-hybridized carbons (Fsp3) is 0.176. The zero-order valence-corrected chi connectivity index (χ0v) is 14.4. The van der Waals surface area contributed by atoms with Gasteiger partial charge in [-0.3, -0.25) is 9.59 Å². The maximum Gasteiger partial charge on any atom is 0.255 e. The molecule has 0 aromatic heterocycles. The summed E-state index contributed by atoms with van der Waals surface area (Å²) in [5, 5.41) is 3.16. The van der Waals surface area contributed by atoms with Crippen LogP contribution in [-0.4, -0.2) is 24.9 Å². The highest BCUT2D eigenvalue weighted by Gasteiger charge is 2.16. The molecule has 2 amide bonds. The first-order valence-electron chi connectivity index (χ1n) is 7.16. The number of hydrogen-bond donors (Lipinski definition) is 1. The summed E-state index contributed by atoms with van der Waals surface area (Å²) in [7, 11) is 0. The normalized spacial score (nSPS) is 10.3. The maximum atomic E-state index is 13.7. The van der Waals surface area contributed by atoms with Gasteiger partial charge in [0.1, 0.15) is 5.82 Å². The second-order valence-electron chi connectivity index (χ2n) is 5.00. The van der Waals surface area contributed by atoms with Crippen molar-refractivity contribution in [2.24, 2.45) is 0 Å². The molecule has 0 spiro atoms. The quantitative estimate of drug-likeness (QED) is 0.869. The molecular weight excluding hydrogens is 354 g/mol. The molecule has 2 aromatic rings. The van der Waals surface area contributed by atoms with Crippen LogP contribution in [0.5, 0.6) is 0 Å². The van der Waals surface area contributed by atoms with Crippen LogP contribution >= 0.6 is 23.2 Å². The van der Waals surface area contributed by atoms with Crippen molar-refractivity contribution in [3.63, 3.8) is 0 Å². The van der Waals surface area contributed by atoms with E-state index < -0.39 is 11.7 Å². The van der Waals surface area contributed by atoms with Gasteiger partial charge in [0.2, 0.25) is 5.91 Å². The third kappa shape index (κ3) is 4.46. The van der Waals surface area contributed by atoms with Crippen molar-refractivity contribution >= 4 is 40.7 Å². The predicted octanol–water partition coefficient (Wildman–Crippen LogP) is 3.92. The highest BCUT2D eigenvalue weighted by molar-refractivity contribution is 6.33. The van der Waals surface area contributed by atoms with Crippen molar-refractivity contribution < 1.29 is 14.0 Å². The minimum atomic E-state index is -0.693. The molecule has 0 heterocycles. The summed E-state index contributed by atoms with van der Waals surface area (Å²) in [4.78, 5) is 25.3. The molecule has 0 bridgehead atoms. The number of nitrogens with zero attached hydrogens (tertiary/aromatic N) is 1. The second kappa shape index (κ2) is 8.13. The minimum Gasteiger partial charge on any atom is -0.350 e. The van der Waals surface area contributed by atoms with Crippen molar-refractivity contribution in [2.45, 2.75) is 6.92 Å². The molecule has 0 saturated carbocycles. The maximum absolute atomic E-state index is 13.7. The first kappa shape index (κ1) is 18.2. The molecule has 0 radical (unpaired) electrons. The number of halogens is 3. The average Bonchev–Trinajstić information content (AvgIpc) is 2.52. The van der Waals surface area contributed by atoms with Crippen LogP contribution in [0.3, 0.4) is 0 Å². The predicted molar refractivity (Wildman–Crippen MR) is 93.2 cm³/mol. The molecule has 1 N–H and O–H groups in total. The van der Waals surface area contributed by atoms with Gasteiger partial charge < -0.3 is 10.2 Å². The number of anilines is 1. The van der Waals surface area contributed by atoms with Crippen LogP contribution in [0.4, 0.5) is 10.1 Å². The largest absolute Gasteiger partial charge is 0.350 e. The molecule has 0 atom stereocenters. The Bertz CT molecular complexity index is 731. The average molecular weight is 369 g/mol. The first-order chi connectivity index (χ1) is 11.4. The summed E-state index contributed by atoms with van der Waals surface area (Å²) >= 11 is 11.7. The van der Waals surface area contributed by atoms with E-state index in [2.05, 4.69) is 5.32 Å². The Morgan fingerprint density at radius 1 is 1.12 bits per heavy atom. The van der Waals surface area contributed by atoms with E-state index in [0.29, 0.717) is 10.7 Å². The van der Waals surface area contributed by atoms with Gasteiger partial charge in [-0.15, -0.1) is 0 Å². The van der Waals surface area contributed by atoms with Crippen molar-refractivity contribution in [1.82, 2.24) is 5.32 Å². The van der Waals surface area contributed by atoms with E-state index in [4.69, 9.17) is 23.2 Å². The Balaban J connectivity index is 2.02. The van der Waals surface area contributed by atoms with Crippen LogP contribution in [-0.2, 0) is 4.79 Å². The minimum absolute atomic E-state index is 0.0358. The Kier molecular flexibility index (Phi) is 6.17. The van der Waals surface area contributed by atoms with Crippen molar-refractivity contribution in [3.8, 4) is 0 Å². The lowest BCUT2D eigenvalue weighted by Crippen LogP contribution is -2.37. The SMILES string of the molecule is CC(=O)N(CCNC(=O)c1c(F)cccc1Cl)c1ccc(Cl)cc1. The smallest absolute Gasteiger partial charge is 0.255 e. The zero-order valence-electron chi connectivity index (χ0n) is 12.9. The van der Waals surface area contributed by atoms with Gasteiger partial charge in [-0.05, 0) is 36.4 Å². The van der Waals surface area contributed by atoms with E-state index in [1.165, 1.54) is 24.0 Å². The first-order valence-corrected chi connectivity index (χ1v) is 7.91. The van der Waals surface area contributed by atoms with E-state index in [-0.39, 0.29) is 29.6 Å². The van der Waals surface area contributed by atoms with Crippen molar-refractivity contribution in [3.05, 3.63) is 63.9 Å². The molecule has 0 unspecified atom stereocenters. The summed E-state index contributed by atoms with van der Waals surface area (Å²) < 4.78 is 13.7. The number of hydrogen-bond acceptors (Lipinski definition) is 2. The van der Waals surface area contributed by atoms with E-state index in [1.807, 2.05) is 0 Å². The van der Waals surface area contributed by atoms with Gasteiger partial charge in [0.05, 0.1) is 10.6 Å². The Labute approximate surface area is 149 Å². The van der Waals surface area contributed by atoms with Gasteiger partial charge in [0.15, 0.2) is 0 Å². The number of carbonyl (C=O) groups excluding carboxylic acids is 2. The van der Waals surface area contributed by atoms with E-state index in [9.17, 15) is 14.0 Å². The standard InChI is InChI=1S/C17H15Cl2FN2O2/c1-11(23)22(13-7-5-12(18)6-8-13)10-9-21-17(24)16-14(19)3-2-4-15(16)20/h2-8H,9-10H2,1H3,(H,21,24). The van der Waals surface area contributed by atoms with E-state index in [1.54, 1.807) is 24.3 Å². The summed E-state index contributed by atoms with van der Waals surface area (Å²) in [6.45, 7) is 1.80. The summed E-state index contributed by atoms with van der Waals surface area (Å²) in [5.41, 5.74) is 0.449. The summed E-state index contributed by atoms with van der Waals surface area (Å²) in [5.74, 6) is -1.51. The molecular formula is C17H15Cl2FN2O2. The summed E-state index contributed by atoms with van der Waals surface area (Å²) in [6, 6.07) is 10.8. The van der Waals surface area contributed by atoms with Crippen LogP contribution < -0.4 is 10.2 Å². The molecule has 0 aliphatic carbocycles. The molecule has 2 rings (SSSR count). The van der Waals surface area contributed by atoms with Gasteiger partial charge in [-0.1, -0.05) is 29.3 Å². The monoisotopic (exact) mass is 368 g/mol. The number of amides is 2. The topological polar surface area (TPSA) is 49.4 Å². The number of rotatable bonds is 5. The second-order valence-corrected chi connectivity index (χ2v) is 5.84. The zero-order chi connectivity index (χ0) is 17.7. The third-order valence-electron chi connectivity index (χ3n) is 3.33. The van der Waals surface area contributed by atoms with E-state index in [0.717, 1.165) is 6.07 Å². The fourth-order valence-corrected chi connectivity index (χ4v) is 2.55. The number of nitrogens with one attached hydrogen (secondary N) is 1. The summed E-state index contributed by atoms with van der Waals surface area (Å²) in [6.07, 6.45) is 0. The molecule has 2 aromatic carbocycles. The van der Waals surface area contributed by atoms with Crippen LogP contribution in [0.1, 0.15) is 17.3 Å². The molecule has 0 aliphatic rings. The van der Waals surface area contributed by atoms with Crippen molar-refractivity contribution in [2.75, 3.05) is 18.0 Å². The van der Waals surface area contributed by atoms with Crippen LogP contribution in [0, 0.1) is 5.82 Å². The fourth-order valence-electron chi connectivity index (χ4n) is 2.17. The Morgan fingerprint density at radius 2 is 1.79 bits per heavy atom. The molecule has 0 aliphatic heterocycles. The van der Waals surface area contributed by atoms with Gasteiger partial charge in [0.25, 0.3) is 5.91 Å². The highest BCUT2D eigenvalue weighted by atomic mass is 35.5. The Morgan fingerprint density at radius 3 is 2.38 bits per heavy atom. The van der Waals surface area contributed by atoms with Crippen molar-refractivity contribution in [1.29, 1.82) is 0 Å². The lowest BCUT2D eigenvalue weighted by atomic mass is 10.2. The molecule has 24 heavy (non-hydrogen) atoms.